The number of nitrogens with zero attached hydrogens (tertiary/aromatic N) is 2. The molecule has 1 saturated heterocycles. The second kappa shape index (κ2) is 17.7. The van der Waals surface area contributed by atoms with E-state index in [1.165, 1.54) is 19.4 Å². The minimum atomic E-state index is 0. The Labute approximate surface area is 165 Å². The van der Waals surface area contributed by atoms with Gasteiger partial charge in [0.15, 0.2) is 5.96 Å². The lowest BCUT2D eigenvalue weighted by atomic mass is 10.3. The van der Waals surface area contributed by atoms with Gasteiger partial charge in [-0.15, -0.1) is 24.0 Å². The zero-order valence-corrected chi connectivity index (χ0v) is 17.8. The number of unbranched alkanes of at least 4 members (excludes halogenated alkanes) is 2. The lowest BCUT2D eigenvalue weighted by Crippen LogP contribution is -2.39. The van der Waals surface area contributed by atoms with Gasteiger partial charge in [-0.2, -0.15) is 0 Å². The molecule has 0 aromatic carbocycles. The van der Waals surface area contributed by atoms with Gasteiger partial charge in [-0.05, 0) is 32.2 Å². The fourth-order valence-corrected chi connectivity index (χ4v) is 2.44. The maximum Gasteiger partial charge on any atom is 0.190 e. The maximum absolute atomic E-state index is 5.55. The van der Waals surface area contributed by atoms with E-state index in [-0.39, 0.29) is 24.0 Å². The first-order valence-corrected chi connectivity index (χ1v) is 9.19. The molecule has 0 amide bonds. The number of halogens is 1. The molecule has 1 aliphatic heterocycles. The molecule has 2 N–H and O–H groups in total. The fraction of sp³-hybridized carbons (Fsp3) is 0.941. The highest BCUT2D eigenvalue weighted by atomic mass is 127. The van der Waals surface area contributed by atoms with Gasteiger partial charge in [0.05, 0.1) is 13.2 Å². The second-order valence-corrected chi connectivity index (χ2v) is 5.91. The summed E-state index contributed by atoms with van der Waals surface area (Å²) >= 11 is 0. The van der Waals surface area contributed by atoms with Gasteiger partial charge in [0.25, 0.3) is 0 Å². The molecule has 0 unspecified atom stereocenters. The van der Waals surface area contributed by atoms with Gasteiger partial charge < -0.3 is 20.1 Å². The fourth-order valence-electron chi connectivity index (χ4n) is 2.44. The van der Waals surface area contributed by atoms with E-state index in [0.29, 0.717) is 0 Å². The van der Waals surface area contributed by atoms with E-state index in [0.717, 1.165) is 77.8 Å². The number of ether oxygens (including phenoxy) is 2. The van der Waals surface area contributed by atoms with E-state index in [1.54, 1.807) is 0 Å². The third kappa shape index (κ3) is 13.2. The Kier molecular flexibility index (Phi) is 17.6. The quantitative estimate of drug-likeness (QED) is 0.204. The molecule has 144 valence electrons. The topological polar surface area (TPSA) is 58.1 Å². The van der Waals surface area contributed by atoms with Crippen molar-refractivity contribution >= 4 is 29.9 Å². The third-order valence-electron chi connectivity index (χ3n) is 3.92. The maximum atomic E-state index is 5.55. The molecule has 0 spiro atoms. The molecule has 1 rings (SSSR count). The highest BCUT2D eigenvalue weighted by Gasteiger charge is 2.08. The molecule has 0 aromatic heterocycles. The van der Waals surface area contributed by atoms with Crippen LogP contribution in [-0.2, 0) is 9.47 Å². The number of hydrogen-bond donors (Lipinski definition) is 2. The molecule has 0 saturated carbocycles. The van der Waals surface area contributed by atoms with Crippen LogP contribution >= 0.6 is 24.0 Å². The SMILES string of the molecule is CCCCOCCCNC(=NC)NCCCCN1CCOCC1.I. The highest BCUT2D eigenvalue weighted by Crippen LogP contribution is 1.99. The molecule has 24 heavy (non-hydrogen) atoms. The van der Waals surface area contributed by atoms with E-state index >= 15 is 0 Å². The van der Waals surface area contributed by atoms with E-state index in [1.807, 2.05) is 7.05 Å². The van der Waals surface area contributed by atoms with Gasteiger partial charge >= 0.3 is 0 Å². The summed E-state index contributed by atoms with van der Waals surface area (Å²) in [4.78, 5) is 6.73. The predicted molar refractivity (Wildman–Crippen MR) is 112 cm³/mol. The van der Waals surface area contributed by atoms with Crippen LogP contribution in [0.4, 0.5) is 0 Å². The molecule has 1 aliphatic rings. The molecule has 0 aromatic rings. The van der Waals surface area contributed by atoms with E-state index in [2.05, 4.69) is 27.4 Å². The van der Waals surface area contributed by atoms with Crippen molar-refractivity contribution in [2.24, 2.45) is 4.99 Å². The minimum Gasteiger partial charge on any atom is -0.381 e. The second-order valence-electron chi connectivity index (χ2n) is 5.91. The summed E-state index contributed by atoms with van der Waals surface area (Å²) in [6, 6.07) is 0. The number of rotatable bonds is 12. The van der Waals surface area contributed by atoms with Crippen LogP contribution in [0.2, 0.25) is 0 Å². The first kappa shape index (κ1) is 23.9. The van der Waals surface area contributed by atoms with Gasteiger partial charge in [0, 0.05) is 46.4 Å². The van der Waals surface area contributed by atoms with Crippen molar-refractivity contribution in [3.8, 4) is 0 Å². The summed E-state index contributed by atoms with van der Waals surface area (Å²) in [5.74, 6) is 0.893. The van der Waals surface area contributed by atoms with Gasteiger partial charge in [0.2, 0.25) is 0 Å². The number of morpholine rings is 1. The Morgan fingerprint density at radius 2 is 1.71 bits per heavy atom. The van der Waals surface area contributed by atoms with Crippen molar-refractivity contribution in [2.45, 2.75) is 39.0 Å². The van der Waals surface area contributed by atoms with E-state index < -0.39 is 0 Å². The number of guanidine groups is 1. The normalized spacial score (nSPS) is 15.8. The Morgan fingerprint density at radius 1 is 1.04 bits per heavy atom. The highest BCUT2D eigenvalue weighted by molar-refractivity contribution is 14.0. The Hall–Kier alpha value is -0.120. The van der Waals surface area contributed by atoms with Gasteiger partial charge in [-0.1, -0.05) is 13.3 Å². The van der Waals surface area contributed by atoms with Crippen molar-refractivity contribution in [2.75, 3.05) is 66.2 Å². The Bertz CT molecular complexity index is 300. The zero-order valence-electron chi connectivity index (χ0n) is 15.5. The Balaban J connectivity index is 0.00000529. The lowest BCUT2D eigenvalue weighted by Gasteiger charge is -2.26. The van der Waals surface area contributed by atoms with Gasteiger partial charge in [-0.25, -0.2) is 0 Å². The number of hydrogen-bond acceptors (Lipinski definition) is 4. The first-order valence-electron chi connectivity index (χ1n) is 9.19. The molecule has 6 nitrogen and oxygen atoms in total. The van der Waals surface area contributed by atoms with Crippen LogP contribution in [0.1, 0.15) is 39.0 Å². The van der Waals surface area contributed by atoms with Crippen LogP contribution in [0.15, 0.2) is 4.99 Å². The third-order valence-corrected chi connectivity index (χ3v) is 3.92. The summed E-state index contributed by atoms with van der Waals surface area (Å²) in [6.07, 6.45) is 5.75. The summed E-state index contributed by atoms with van der Waals surface area (Å²) in [5, 5.41) is 6.71. The predicted octanol–water partition coefficient (Wildman–Crippen LogP) is 2.09. The van der Waals surface area contributed by atoms with E-state index in [9.17, 15) is 0 Å². The average molecular weight is 456 g/mol. The van der Waals surface area contributed by atoms with Gasteiger partial charge in [-0.3, -0.25) is 9.89 Å². The van der Waals surface area contributed by atoms with Crippen molar-refractivity contribution < 1.29 is 9.47 Å². The molecule has 1 heterocycles. The van der Waals surface area contributed by atoms with Crippen molar-refractivity contribution in [1.82, 2.24) is 15.5 Å². The van der Waals surface area contributed by atoms with Crippen LogP contribution in [0.25, 0.3) is 0 Å². The minimum absolute atomic E-state index is 0. The molecular formula is C17H37IN4O2. The summed E-state index contributed by atoms with van der Waals surface area (Å²) in [6.45, 7) is 10.9. The number of aliphatic imine (C=N–C) groups is 1. The zero-order chi connectivity index (χ0) is 16.6. The van der Waals surface area contributed by atoms with Crippen molar-refractivity contribution in [1.29, 1.82) is 0 Å². The lowest BCUT2D eigenvalue weighted by molar-refractivity contribution is 0.0372. The standard InChI is InChI=1S/C17H36N4O2.HI/c1-3-4-13-22-14-7-9-20-17(18-2)19-8-5-6-10-21-11-15-23-16-12-21;/h3-16H2,1-2H3,(H2,18,19,20);1H. The Morgan fingerprint density at radius 3 is 2.38 bits per heavy atom. The van der Waals surface area contributed by atoms with Crippen LogP contribution in [0.3, 0.4) is 0 Å². The van der Waals surface area contributed by atoms with Crippen LogP contribution in [0.5, 0.6) is 0 Å². The molecule has 0 aliphatic carbocycles. The average Bonchev–Trinajstić information content (AvgIpc) is 2.59. The van der Waals surface area contributed by atoms with Gasteiger partial charge in [0.1, 0.15) is 0 Å². The summed E-state index contributed by atoms with van der Waals surface area (Å²) in [5.41, 5.74) is 0. The van der Waals surface area contributed by atoms with E-state index in [4.69, 9.17) is 9.47 Å². The molecule has 0 atom stereocenters. The van der Waals surface area contributed by atoms with Crippen molar-refractivity contribution in [3.63, 3.8) is 0 Å². The summed E-state index contributed by atoms with van der Waals surface area (Å²) < 4.78 is 10.9. The molecular weight excluding hydrogens is 419 g/mol. The summed E-state index contributed by atoms with van der Waals surface area (Å²) in [7, 11) is 1.82. The van der Waals surface area contributed by atoms with Crippen LogP contribution in [0, 0.1) is 0 Å². The largest absolute Gasteiger partial charge is 0.381 e. The van der Waals surface area contributed by atoms with Crippen molar-refractivity contribution in [3.05, 3.63) is 0 Å². The monoisotopic (exact) mass is 456 g/mol. The smallest absolute Gasteiger partial charge is 0.190 e. The molecule has 0 bridgehead atoms. The first-order chi connectivity index (χ1) is 11.4. The van der Waals surface area contributed by atoms with Crippen LogP contribution < -0.4 is 10.6 Å². The van der Waals surface area contributed by atoms with Crippen LogP contribution in [-0.4, -0.2) is 77.1 Å². The molecule has 0 radical (unpaired) electrons. The molecule has 7 heteroatoms. The molecule has 1 fully saturated rings. The number of nitrogens with one attached hydrogen (secondary N) is 2.